The maximum absolute atomic E-state index is 5.88. The molecule has 21 heavy (non-hydrogen) atoms. The average Bonchev–Trinajstić information content (AvgIpc) is 2.55. The summed E-state index contributed by atoms with van der Waals surface area (Å²) in [5, 5.41) is 7.61. The summed E-state index contributed by atoms with van der Waals surface area (Å²) in [4.78, 5) is 0. The third-order valence-electron chi connectivity index (χ3n) is 4.03. The first-order valence-electron chi connectivity index (χ1n) is 7.35. The van der Waals surface area contributed by atoms with Crippen molar-refractivity contribution >= 4 is 32.3 Å². The van der Waals surface area contributed by atoms with Gasteiger partial charge in [-0.25, -0.2) is 0 Å². The third-order valence-corrected chi connectivity index (χ3v) is 4.03. The molecule has 0 aliphatic carbocycles. The lowest BCUT2D eigenvalue weighted by molar-refractivity contribution is 0.344. The minimum atomic E-state index is 0.681. The van der Waals surface area contributed by atoms with Crippen LogP contribution in [0.15, 0.2) is 66.7 Å². The molecule has 0 N–H and O–H groups in total. The Hall–Kier alpha value is -2.54. The summed E-state index contributed by atoms with van der Waals surface area (Å²) >= 11 is 0. The summed E-state index contributed by atoms with van der Waals surface area (Å²) in [7, 11) is 0. The van der Waals surface area contributed by atoms with Gasteiger partial charge in [0, 0.05) is 5.39 Å². The van der Waals surface area contributed by atoms with Crippen LogP contribution in [0.5, 0.6) is 5.75 Å². The molecular formula is C20H16O. The van der Waals surface area contributed by atoms with Crippen LogP contribution in [0.25, 0.3) is 32.3 Å². The Kier molecular flexibility index (Phi) is 2.78. The maximum Gasteiger partial charge on any atom is 0.127 e. The van der Waals surface area contributed by atoms with Crippen molar-refractivity contribution in [3.05, 3.63) is 66.7 Å². The Labute approximate surface area is 123 Å². The largest absolute Gasteiger partial charge is 0.493 e. The van der Waals surface area contributed by atoms with Gasteiger partial charge in [0.1, 0.15) is 5.75 Å². The second kappa shape index (κ2) is 4.78. The molecule has 0 bridgehead atoms. The average molecular weight is 272 g/mol. The predicted molar refractivity (Wildman–Crippen MR) is 90.1 cm³/mol. The zero-order valence-corrected chi connectivity index (χ0v) is 12.0. The highest BCUT2D eigenvalue weighted by Gasteiger charge is 2.11. The van der Waals surface area contributed by atoms with Crippen molar-refractivity contribution in [1.82, 2.24) is 0 Å². The van der Waals surface area contributed by atoms with E-state index >= 15 is 0 Å². The fraction of sp³-hybridized carbons (Fsp3) is 0.100. The van der Waals surface area contributed by atoms with Gasteiger partial charge < -0.3 is 4.74 Å². The van der Waals surface area contributed by atoms with Gasteiger partial charge in [-0.2, -0.15) is 0 Å². The quantitative estimate of drug-likeness (QED) is 0.435. The Bertz CT molecular complexity index is 909. The Morgan fingerprint density at radius 2 is 1.10 bits per heavy atom. The number of fused-ring (bicyclic) bond motifs is 6. The molecule has 4 aromatic carbocycles. The molecule has 0 saturated heterocycles. The number of hydrogen-bond donors (Lipinski definition) is 0. The highest BCUT2D eigenvalue weighted by atomic mass is 16.5. The monoisotopic (exact) mass is 272 g/mol. The number of benzene rings is 4. The zero-order valence-electron chi connectivity index (χ0n) is 12.0. The summed E-state index contributed by atoms with van der Waals surface area (Å²) in [6.07, 6.45) is 0. The first kappa shape index (κ1) is 12.2. The van der Waals surface area contributed by atoms with Crippen molar-refractivity contribution in [3.8, 4) is 5.75 Å². The normalized spacial score (nSPS) is 11.3. The lowest BCUT2D eigenvalue weighted by atomic mass is 9.94. The molecule has 1 nitrogen and oxygen atoms in total. The summed E-state index contributed by atoms with van der Waals surface area (Å²) in [5.41, 5.74) is 0. The minimum absolute atomic E-state index is 0.681. The van der Waals surface area contributed by atoms with E-state index in [-0.39, 0.29) is 0 Å². The number of hydrogen-bond acceptors (Lipinski definition) is 1. The molecule has 0 radical (unpaired) electrons. The molecule has 0 fully saturated rings. The van der Waals surface area contributed by atoms with Gasteiger partial charge in [-0.3, -0.25) is 0 Å². The van der Waals surface area contributed by atoms with Crippen LogP contribution in [-0.2, 0) is 0 Å². The van der Waals surface area contributed by atoms with Crippen molar-refractivity contribution in [3.63, 3.8) is 0 Å². The molecule has 0 aliphatic heterocycles. The summed E-state index contributed by atoms with van der Waals surface area (Å²) in [5.74, 6) is 0.969. The van der Waals surface area contributed by atoms with Crippen LogP contribution in [0.3, 0.4) is 0 Å². The predicted octanol–water partition coefficient (Wildman–Crippen LogP) is 5.54. The molecule has 0 spiro atoms. The fourth-order valence-corrected chi connectivity index (χ4v) is 3.20. The second-order valence-electron chi connectivity index (χ2n) is 5.20. The SMILES string of the molecule is CCOc1cccc2c3ccccc3c3ccccc3c12. The van der Waals surface area contributed by atoms with Gasteiger partial charge in [0.15, 0.2) is 0 Å². The van der Waals surface area contributed by atoms with E-state index in [1.165, 1.54) is 32.3 Å². The summed E-state index contributed by atoms with van der Waals surface area (Å²) in [6.45, 7) is 2.71. The van der Waals surface area contributed by atoms with Gasteiger partial charge in [-0.05, 0) is 39.9 Å². The lowest BCUT2D eigenvalue weighted by Crippen LogP contribution is -1.93. The molecule has 0 aromatic heterocycles. The van der Waals surface area contributed by atoms with Gasteiger partial charge in [0.25, 0.3) is 0 Å². The number of rotatable bonds is 2. The van der Waals surface area contributed by atoms with Crippen LogP contribution in [0.4, 0.5) is 0 Å². The van der Waals surface area contributed by atoms with E-state index in [4.69, 9.17) is 4.74 Å². The van der Waals surface area contributed by atoms with Crippen molar-refractivity contribution < 1.29 is 4.74 Å². The zero-order chi connectivity index (χ0) is 14.2. The molecule has 4 aromatic rings. The van der Waals surface area contributed by atoms with E-state index in [1.807, 2.05) is 6.92 Å². The standard InChI is InChI=1S/C20H16O/c1-2-21-19-13-7-12-18-16-9-4-3-8-14(16)15-10-5-6-11-17(15)20(18)19/h3-13H,2H2,1H3. The van der Waals surface area contributed by atoms with Crippen LogP contribution in [-0.4, -0.2) is 6.61 Å². The molecule has 1 heteroatoms. The third kappa shape index (κ3) is 1.78. The van der Waals surface area contributed by atoms with Crippen LogP contribution >= 0.6 is 0 Å². The fourth-order valence-electron chi connectivity index (χ4n) is 3.20. The van der Waals surface area contributed by atoms with Crippen molar-refractivity contribution in [1.29, 1.82) is 0 Å². The molecule has 0 heterocycles. The van der Waals surface area contributed by atoms with E-state index in [0.717, 1.165) is 5.75 Å². The topological polar surface area (TPSA) is 9.23 Å². The van der Waals surface area contributed by atoms with E-state index in [2.05, 4.69) is 66.7 Å². The van der Waals surface area contributed by atoms with Gasteiger partial charge in [-0.1, -0.05) is 60.7 Å². The van der Waals surface area contributed by atoms with Gasteiger partial charge in [0.05, 0.1) is 6.61 Å². The smallest absolute Gasteiger partial charge is 0.127 e. The molecule has 0 atom stereocenters. The highest BCUT2D eigenvalue weighted by molar-refractivity contribution is 6.26. The van der Waals surface area contributed by atoms with Crippen molar-refractivity contribution in [2.45, 2.75) is 6.92 Å². The minimum Gasteiger partial charge on any atom is -0.493 e. The summed E-state index contributed by atoms with van der Waals surface area (Å²) < 4.78 is 5.88. The van der Waals surface area contributed by atoms with Crippen LogP contribution < -0.4 is 4.74 Å². The van der Waals surface area contributed by atoms with Crippen molar-refractivity contribution in [2.75, 3.05) is 6.61 Å². The van der Waals surface area contributed by atoms with Gasteiger partial charge in [-0.15, -0.1) is 0 Å². The Morgan fingerprint density at radius 3 is 1.67 bits per heavy atom. The Morgan fingerprint density at radius 1 is 0.619 bits per heavy atom. The summed E-state index contributed by atoms with van der Waals surface area (Å²) in [6, 6.07) is 23.5. The molecule has 0 unspecified atom stereocenters. The lowest BCUT2D eigenvalue weighted by Gasteiger charge is -2.13. The highest BCUT2D eigenvalue weighted by Crippen LogP contribution is 2.39. The van der Waals surface area contributed by atoms with E-state index in [9.17, 15) is 0 Å². The molecule has 102 valence electrons. The van der Waals surface area contributed by atoms with Crippen LogP contribution in [0.1, 0.15) is 6.92 Å². The second-order valence-corrected chi connectivity index (χ2v) is 5.20. The number of ether oxygens (including phenoxy) is 1. The molecular weight excluding hydrogens is 256 g/mol. The van der Waals surface area contributed by atoms with E-state index in [1.54, 1.807) is 0 Å². The Balaban J connectivity index is 2.33. The maximum atomic E-state index is 5.88. The van der Waals surface area contributed by atoms with E-state index in [0.29, 0.717) is 6.61 Å². The van der Waals surface area contributed by atoms with Crippen LogP contribution in [0, 0.1) is 0 Å². The first-order valence-corrected chi connectivity index (χ1v) is 7.35. The molecule has 0 aliphatic rings. The first-order chi connectivity index (χ1) is 10.4. The van der Waals surface area contributed by atoms with Crippen LogP contribution in [0.2, 0.25) is 0 Å². The molecule has 0 amide bonds. The molecule has 4 rings (SSSR count). The van der Waals surface area contributed by atoms with Crippen molar-refractivity contribution in [2.24, 2.45) is 0 Å². The van der Waals surface area contributed by atoms with Gasteiger partial charge in [0.2, 0.25) is 0 Å². The molecule has 0 saturated carbocycles. The van der Waals surface area contributed by atoms with Gasteiger partial charge >= 0.3 is 0 Å². The van der Waals surface area contributed by atoms with E-state index < -0.39 is 0 Å².